The molecule has 0 aromatic heterocycles. The molecule has 1 fully saturated rings. The van der Waals surface area contributed by atoms with Crippen LogP contribution in [0.15, 0.2) is 30.3 Å². The number of rotatable bonds is 6. The lowest BCUT2D eigenvalue weighted by atomic mass is 9.96. The SMILES string of the molecule is CCOC(=O)N1CCCC(C(=O)NC(C)CCc2ccccc2)C1. The van der Waals surface area contributed by atoms with Crippen molar-refractivity contribution in [1.82, 2.24) is 10.2 Å². The van der Waals surface area contributed by atoms with E-state index in [0.29, 0.717) is 19.7 Å². The average Bonchev–Trinajstić information content (AvgIpc) is 2.61. The number of piperidine rings is 1. The minimum Gasteiger partial charge on any atom is -0.450 e. The molecule has 0 bridgehead atoms. The quantitative estimate of drug-likeness (QED) is 0.871. The van der Waals surface area contributed by atoms with Crippen molar-refractivity contribution in [1.29, 1.82) is 0 Å². The summed E-state index contributed by atoms with van der Waals surface area (Å²) in [7, 11) is 0. The van der Waals surface area contributed by atoms with Gasteiger partial charge in [-0.15, -0.1) is 0 Å². The van der Waals surface area contributed by atoms with E-state index in [1.54, 1.807) is 11.8 Å². The first-order chi connectivity index (χ1) is 11.6. The molecule has 2 amide bonds. The highest BCUT2D eigenvalue weighted by atomic mass is 16.6. The first kappa shape index (κ1) is 18.3. The van der Waals surface area contributed by atoms with Crippen molar-refractivity contribution in [2.24, 2.45) is 5.92 Å². The lowest BCUT2D eigenvalue weighted by Crippen LogP contribution is -2.47. The molecule has 1 aromatic rings. The predicted octanol–water partition coefficient (Wildman–Crippen LogP) is 2.99. The van der Waals surface area contributed by atoms with E-state index in [4.69, 9.17) is 4.74 Å². The molecule has 1 heterocycles. The summed E-state index contributed by atoms with van der Waals surface area (Å²) < 4.78 is 5.03. The molecule has 24 heavy (non-hydrogen) atoms. The number of nitrogens with zero attached hydrogens (tertiary/aromatic N) is 1. The zero-order chi connectivity index (χ0) is 17.4. The van der Waals surface area contributed by atoms with Crippen molar-refractivity contribution in [3.63, 3.8) is 0 Å². The maximum Gasteiger partial charge on any atom is 0.409 e. The van der Waals surface area contributed by atoms with Gasteiger partial charge in [0.2, 0.25) is 5.91 Å². The molecule has 1 aromatic carbocycles. The van der Waals surface area contributed by atoms with E-state index < -0.39 is 0 Å². The summed E-state index contributed by atoms with van der Waals surface area (Å²) >= 11 is 0. The van der Waals surface area contributed by atoms with Gasteiger partial charge in [0.05, 0.1) is 12.5 Å². The molecule has 0 aliphatic carbocycles. The van der Waals surface area contributed by atoms with Crippen LogP contribution in [0, 0.1) is 5.92 Å². The lowest BCUT2D eigenvalue weighted by molar-refractivity contribution is -0.127. The number of likely N-dealkylation sites (tertiary alicyclic amines) is 1. The minimum atomic E-state index is -0.313. The zero-order valence-electron chi connectivity index (χ0n) is 14.7. The molecule has 0 spiro atoms. The Morgan fingerprint density at radius 3 is 2.79 bits per heavy atom. The predicted molar refractivity (Wildman–Crippen MR) is 93.7 cm³/mol. The first-order valence-electron chi connectivity index (χ1n) is 8.86. The van der Waals surface area contributed by atoms with Crippen LogP contribution in [0.1, 0.15) is 38.7 Å². The van der Waals surface area contributed by atoms with Crippen molar-refractivity contribution in [2.45, 2.75) is 45.6 Å². The van der Waals surface area contributed by atoms with E-state index in [9.17, 15) is 9.59 Å². The summed E-state index contributed by atoms with van der Waals surface area (Å²) in [5.74, 6) is -0.0908. The third-order valence-corrected chi connectivity index (χ3v) is 4.42. The average molecular weight is 332 g/mol. The van der Waals surface area contributed by atoms with Crippen LogP contribution in [0.25, 0.3) is 0 Å². The van der Waals surface area contributed by atoms with E-state index in [0.717, 1.165) is 25.7 Å². The van der Waals surface area contributed by atoms with E-state index >= 15 is 0 Å². The Morgan fingerprint density at radius 1 is 1.33 bits per heavy atom. The van der Waals surface area contributed by atoms with Gasteiger partial charge in [-0.05, 0) is 45.1 Å². The molecule has 1 saturated heterocycles. The van der Waals surface area contributed by atoms with Crippen molar-refractivity contribution >= 4 is 12.0 Å². The van der Waals surface area contributed by atoms with Crippen LogP contribution in [0.2, 0.25) is 0 Å². The van der Waals surface area contributed by atoms with E-state index in [1.807, 2.05) is 25.1 Å². The molecule has 1 aliphatic rings. The van der Waals surface area contributed by atoms with Crippen molar-refractivity contribution in [2.75, 3.05) is 19.7 Å². The summed E-state index contributed by atoms with van der Waals surface area (Å²) in [6.07, 6.45) is 3.21. The molecular weight excluding hydrogens is 304 g/mol. The van der Waals surface area contributed by atoms with Gasteiger partial charge in [0.15, 0.2) is 0 Å². The van der Waals surface area contributed by atoms with Crippen LogP contribution in [-0.4, -0.2) is 42.6 Å². The fraction of sp³-hybridized carbons (Fsp3) is 0.579. The van der Waals surface area contributed by atoms with Crippen molar-refractivity contribution < 1.29 is 14.3 Å². The van der Waals surface area contributed by atoms with Gasteiger partial charge in [0.1, 0.15) is 0 Å². The number of carbonyl (C=O) groups excluding carboxylic acids is 2. The largest absolute Gasteiger partial charge is 0.450 e. The molecule has 132 valence electrons. The minimum absolute atomic E-state index is 0.0459. The van der Waals surface area contributed by atoms with Gasteiger partial charge in [0.25, 0.3) is 0 Å². The summed E-state index contributed by atoms with van der Waals surface area (Å²) in [5, 5.41) is 3.09. The number of hydrogen-bond acceptors (Lipinski definition) is 3. The number of nitrogens with one attached hydrogen (secondary N) is 1. The zero-order valence-corrected chi connectivity index (χ0v) is 14.7. The third-order valence-electron chi connectivity index (χ3n) is 4.42. The molecule has 2 rings (SSSR count). The second-order valence-electron chi connectivity index (χ2n) is 6.42. The Bertz CT molecular complexity index is 533. The van der Waals surface area contributed by atoms with Gasteiger partial charge < -0.3 is 15.0 Å². The molecule has 0 radical (unpaired) electrons. The number of carbonyl (C=O) groups is 2. The summed E-state index contributed by atoms with van der Waals surface area (Å²) in [4.78, 5) is 25.9. The van der Waals surface area contributed by atoms with Crippen LogP contribution in [0.3, 0.4) is 0 Å². The summed E-state index contributed by atoms with van der Waals surface area (Å²) in [5.41, 5.74) is 1.28. The topological polar surface area (TPSA) is 58.6 Å². The molecule has 2 unspecified atom stereocenters. The van der Waals surface area contributed by atoms with Crippen LogP contribution >= 0.6 is 0 Å². The fourth-order valence-corrected chi connectivity index (χ4v) is 3.03. The van der Waals surface area contributed by atoms with Gasteiger partial charge in [-0.25, -0.2) is 4.79 Å². The standard InChI is InChI=1S/C19H28N2O3/c1-3-24-19(23)21-13-7-10-17(14-21)18(22)20-15(2)11-12-16-8-5-4-6-9-16/h4-6,8-9,15,17H,3,7,10-14H2,1-2H3,(H,20,22). The first-order valence-corrected chi connectivity index (χ1v) is 8.86. The second kappa shape index (κ2) is 9.30. The number of aryl methyl sites for hydroxylation is 1. The normalized spacial score (nSPS) is 18.8. The van der Waals surface area contributed by atoms with E-state index in [-0.39, 0.29) is 24.0 Å². The second-order valence-corrected chi connectivity index (χ2v) is 6.42. The van der Waals surface area contributed by atoms with E-state index in [2.05, 4.69) is 17.4 Å². The van der Waals surface area contributed by atoms with Crippen LogP contribution in [0.4, 0.5) is 4.79 Å². The number of amides is 2. The van der Waals surface area contributed by atoms with Crippen LogP contribution in [0.5, 0.6) is 0 Å². The maximum atomic E-state index is 12.5. The van der Waals surface area contributed by atoms with Crippen LogP contribution in [-0.2, 0) is 16.0 Å². The van der Waals surface area contributed by atoms with Crippen molar-refractivity contribution in [3.8, 4) is 0 Å². The molecular formula is C19H28N2O3. The lowest BCUT2D eigenvalue weighted by Gasteiger charge is -2.31. The Morgan fingerprint density at radius 2 is 2.08 bits per heavy atom. The Balaban J connectivity index is 1.77. The highest BCUT2D eigenvalue weighted by molar-refractivity contribution is 5.80. The van der Waals surface area contributed by atoms with Gasteiger partial charge in [0, 0.05) is 19.1 Å². The molecule has 1 aliphatic heterocycles. The highest BCUT2D eigenvalue weighted by Gasteiger charge is 2.29. The summed E-state index contributed by atoms with van der Waals surface area (Å²) in [6, 6.07) is 10.4. The monoisotopic (exact) mass is 332 g/mol. The van der Waals surface area contributed by atoms with Gasteiger partial charge >= 0.3 is 6.09 Å². The van der Waals surface area contributed by atoms with Crippen molar-refractivity contribution in [3.05, 3.63) is 35.9 Å². The smallest absolute Gasteiger partial charge is 0.409 e. The van der Waals surface area contributed by atoms with Gasteiger partial charge in [-0.3, -0.25) is 4.79 Å². The molecule has 0 saturated carbocycles. The molecule has 5 nitrogen and oxygen atoms in total. The third kappa shape index (κ3) is 5.55. The Hall–Kier alpha value is -2.04. The number of hydrogen-bond donors (Lipinski definition) is 1. The molecule has 1 N–H and O–H groups in total. The number of benzene rings is 1. The summed E-state index contributed by atoms with van der Waals surface area (Å²) in [6.45, 7) is 5.32. The van der Waals surface area contributed by atoms with Crippen LogP contribution < -0.4 is 5.32 Å². The van der Waals surface area contributed by atoms with Gasteiger partial charge in [-0.1, -0.05) is 30.3 Å². The molecule has 2 atom stereocenters. The maximum absolute atomic E-state index is 12.5. The Labute approximate surface area is 144 Å². The van der Waals surface area contributed by atoms with E-state index in [1.165, 1.54) is 5.56 Å². The highest BCUT2D eigenvalue weighted by Crippen LogP contribution is 2.18. The molecule has 5 heteroatoms. The fourth-order valence-electron chi connectivity index (χ4n) is 3.03. The van der Waals surface area contributed by atoms with Gasteiger partial charge in [-0.2, -0.15) is 0 Å². The Kier molecular flexibility index (Phi) is 7.09. The number of ether oxygens (including phenoxy) is 1.